The molecule has 0 aromatic heterocycles. The third-order valence-electron chi connectivity index (χ3n) is 7.03. The van der Waals surface area contributed by atoms with E-state index in [2.05, 4.69) is 34.9 Å². The smallest absolute Gasteiger partial charge is 0.407 e. The second kappa shape index (κ2) is 12.5. The lowest BCUT2D eigenvalue weighted by atomic mass is 9.97. The van der Waals surface area contributed by atoms with Gasteiger partial charge in [-0.1, -0.05) is 60.7 Å². The second-order valence-corrected chi connectivity index (χ2v) is 9.52. The van der Waals surface area contributed by atoms with E-state index < -0.39 is 12.1 Å². The van der Waals surface area contributed by atoms with E-state index in [-0.39, 0.29) is 18.4 Å². The maximum atomic E-state index is 13.3. The monoisotopic (exact) mass is 551 g/mol. The van der Waals surface area contributed by atoms with Crippen LogP contribution in [0, 0.1) is 6.73 Å². The van der Waals surface area contributed by atoms with Crippen LogP contribution in [0.2, 0.25) is 0 Å². The molecule has 4 aromatic rings. The van der Waals surface area contributed by atoms with Crippen molar-refractivity contribution in [2.24, 2.45) is 0 Å². The molecule has 0 spiro atoms. The van der Waals surface area contributed by atoms with Crippen molar-refractivity contribution < 1.29 is 28.5 Å². The van der Waals surface area contributed by atoms with Crippen LogP contribution in [-0.4, -0.2) is 32.8 Å². The lowest BCUT2D eigenvalue weighted by Crippen LogP contribution is -2.31. The number of amides is 2. The number of nitrogens with one attached hydrogen (secondary N) is 2. The van der Waals surface area contributed by atoms with Gasteiger partial charge in [-0.05, 0) is 52.1 Å². The normalized spacial score (nSPS) is 12.5. The molecule has 8 nitrogen and oxygen atoms in total. The second-order valence-electron chi connectivity index (χ2n) is 9.52. The number of carbonyl (C=O) groups excluding carboxylic acids is 2. The summed E-state index contributed by atoms with van der Waals surface area (Å²) in [5, 5.41) is 5.49. The molecule has 2 N–H and O–H groups in total. The molecule has 0 aliphatic heterocycles. The van der Waals surface area contributed by atoms with Crippen molar-refractivity contribution >= 4 is 12.0 Å². The first-order valence-corrected chi connectivity index (χ1v) is 13.2. The fraction of sp³-hybridized carbons (Fsp3) is 0.182. The van der Waals surface area contributed by atoms with Gasteiger partial charge in [-0.3, -0.25) is 4.79 Å². The number of benzene rings is 4. The summed E-state index contributed by atoms with van der Waals surface area (Å²) < 4.78 is 22.3. The summed E-state index contributed by atoms with van der Waals surface area (Å²) in [6.45, 7) is 2.80. The maximum absolute atomic E-state index is 13.3. The molecule has 209 valence electrons. The fourth-order valence-electron chi connectivity index (χ4n) is 5.07. The number of methoxy groups -OCH3 is 2. The SMILES string of the molecule is COc1ccc(C(NC(=O)OCC2c3ccccc3-c3ccccc32)c2ccc(O[CH]NC(C)=O)cc2)c(OC)c1. The van der Waals surface area contributed by atoms with Crippen molar-refractivity contribution in [1.29, 1.82) is 0 Å². The van der Waals surface area contributed by atoms with Crippen LogP contribution in [0.3, 0.4) is 0 Å². The Morgan fingerprint density at radius 2 is 1.46 bits per heavy atom. The van der Waals surface area contributed by atoms with Gasteiger partial charge in [0.2, 0.25) is 12.6 Å². The Kier molecular flexibility index (Phi) is 8.39. The minimum atomic E-state index is -0.597. The number of alkyl carbamates (subject to hydrolysis) is 1. The number of fused-ring (bicyclic) bond motifs is 3. The van der Waals surface area contributed by atoms with Crippen molar-refractivity contribution in [3.63, 3.8) is 0 Å². The summed E-state index contributed by atoms with van der Waals surface area (Å²) in [6.07, 6.45) is -0.561. The summed E-state index contributed by atoms with van der Waals surface area (Å²) in [4.78, 5) is 24.4. The zero-order valence-corrected chi connectivity index (χ0v) is 23.0. The van der Waals surface area contributed by atoms with Gasteiger partial charge >= 0.3 is 6.09 Å². The van der Waals surface area contributed by atoms with Crippen molar-refractivity contribution in [1.82, 2.24) is 10.6 Å². The molecule has 0 heterocycles. The molecule has 1 aliphatic rings. The van der Waals surface area contributed by atoms with Gasteiger partial charge in [-0.2, -0.15) is 0 Å². The van der Waals surface area contributed by atoms with Gasteiger partial charge in [-0.15, -0.1) is 0 Å². The first-order valence-electron chi connectivity index (χ1n) is 13.2. The van der Waals surface area contributed by atoms with Crippen molar-refractivity contribution in [2.75, 3.05) is 20.8 Å². The quantitative estimate of drug-likeness (QED) is 0.252. The van der Waals surface area contributed by atoms with E-state index >= 15 is 0 Å². The Labute approximate surface area is 239 Å². The summed E-state index contributed by atoms with van der Waals surface area (Å²) in [5.74, 6) is 1.40. The Morgan fingerprint density at radius 1 is 0.829 bits per heavy atom. The van der Waals surface area contributed by atoms with Gasteiger partial charge in [-0.25, -0.2) is 4.79 Å². The highest BCUT2D eigenvalue weighted by Crippen LogP contribution is 2.44. The summed E-state index contributed by atoms with van der Waals surface area (Å²) in [6, 6.07) is 28.4. The molecule has 1 aliphatic carbocycles. The molecule has 0 bridgehead atoms. The highest BCUT2D eigenvalue weighted by Gasteiger charge is 2.30. The van der Waals surface area contributed by atoms with E-state index in [1.165, 1.54) is 13.7 Å². The molecule has 8 heteroatoms. The number of carbonyl (C=O) groups is 2. The molecule has 5 rings (SSSR count). The van der Waals surface area contributed by atoms with Gasteiger partial charge in [0.1, 0.15) is 23.9 Å². The lowest BCUT2D eigenvalue weighted by molar-refractivity contribution is -0.118. The van der Waals surface area contributed by atoms with E-state index in [0.29, 0.717) is 17.2 Å². The fourth-order valence-corrected chi connectivity index (χ4v) is 5.07. The highest BCUT2D eigenvalue weighted by molar-refractivity contribution is 5.79. The van der Waals surface area contributed by atoms with Crippen molar-refractivity contribution in [3.05, 3.63) is 120 Å². The van der Waals surface area contributed by atoms with E-state index in [9.17, 15) is 9.59 Å². The van der Waals surface area contributed by atoms with Crippen molar-refractivity contribution in [2.45, 2.75) is 18.9 Å². The van der Waals surface area contributed by atoms with Gasteiger partial charge in [0, 0.05) is 24.5 Å². The first kappa shape index (κ1) is 27.6. The van der Waals surface area contributed by atoms with Gasteiger partial charge in [0.15, 0.2) is 0 Å². The average Bonchev–Trinajstić information content (AvgIpc) is 3.32. The van der Waals surface area contributed by atoms with Crippen LogP contribution in [0.5, 0.6) is 17.2 Å². The van der Waals surface area contributed by atoms with Crippen LogP contribution in [0.25, 0.3) is 11.1 Å². The third-order valence-corrected chi connectivity index (χ3v) is 7.03. The summed E-state index contributed by atoms with van der Waals surface area (Å²) in [5.41, 5.74) is 6.10. The predicted molar refractivity (Wildman–Crippen MR) is 155 cm³/mol. The van der Waals surface area contributed by atoms with E-state index in [0.717, 1.165) is 33.4 Å². The van der Waals surface area contributed by atoms with E-state index in [4.69, 9.17) is 18.9 Å². The van der Waals surface area contributed by atoms with Gasteiger partial charge in [0.05, 0.1) is 20.3 Å². The van der Waals surface area contributed by atoms with Crippen LogP contribution < -0.4 is 24.8 Å². The summed E-state index contributed by atoms with van der Waals surface area (Å²) >= 11 is 0. The van der Waals surface area contributed by atoms with Crippen LogP contribution in [0.15, 0.2) is 91.0 Å². The van der Waals surface area contributed by atoms with Gasteiger partial charge in [0.25, 0.3) is 0 Å². The molecule has 1 radical (unpaired) electrons. The van der Waals surface area contributed by atoms with Crippen LogP contribution >= 0.6 is 0 Å². The minimum absolute atomic E-state index is 0.0570. The maximum Gasteiger partial charge on any atom is 0.407 e. The zero-order valence-electron chi connectivity index (χ0n) is 23.0. The Balaban J connectivity index is 1.37. The minimum Gasteiger partial charge on any atom is -0.497 e. The molecule has 2 amide bonds. The third kappa shape index (κ3) is 6.11. The number of hydrogen-bond acceptors (Lipinski definition) is 6. The molecule has 1 unspecified atom stereocenters. The molecule has 1 atom stereocenters. The molecular formula is C33H31N2O6. The van der Waals surface area contributed by atoms with E-state index in [1.807, 2.05) is 48.5 Å². The average molecular weight is 552 g/mol. The molecular weight excluding hydrogens is 520 g/mol. The predicted octanol–water partition coefficient (Wildman–Crippen LogP) is 5.97. The Bertz CT molecular complexity index is 1490. The molecule has 41 heavy (non-hydrogen) atoms. The highest BCUT2D eigenvalue weighted by atomic mass is 16.5. The lowest BCUT2D eigenvalue weighted by Gasteiger charge is -2.23. The molecule has 0 saturated carbocycles. The zero-order chi connectivity index (χ0) is 28.8. The van der Waals surface area contributed by atoms with Crippen LogP contribution in [-0.2, 0) is 9.53 Å². The van der Waals surface area contributed by atoms with Gasteiger partial charge < -0.3 is 29.6 Å². The van der Waals surface area contributed by atoms with Crippen LogP contribution in [0.1, 0.15) is 41.1 Å². The Morgan fingerprint density at radius 3 is 2.07 bits per heavy atom. The largest absolute Gasteiger partial charge is 0.497 e. The number of rotatable bonds is 10. The number of ether oxygens (including phenoxy) is 4. The molecule has 4 aromatic carbocycles. The number of hydrogen-bond donors (Lipinski definition) is 2. The first-order chi connectivity index (χ1) is 20.0. The Hall–Kier alpha value is -4.98. The van der Waals surface area contributed by atoms with E-state index in [1.54, 1.807) is 32.4 Å². The van der Waals surface area contributed by atoms with Crippen LogP contribution in [0.4, 0.5) is 4.79 Å². The molecule has 0 fully saturated rings. The standard InChI is InChI=1S/C33H31N2O6/c1-21(36)34-20-41-23-14-12-22(13-15-23)32(29-17-16-24(38-2)18-31(29)39-3)35-33(37)40-19-30-27-10-6-4-8-25(27)26-9-5-7-11-28(26)30/h4-18,20,30,32H,19H2,1-3H3,(H,34,36)(H,35,37). The summed E-state index contributed by atoms with van der Waals surface area (Å²) in [7, 11) is 3.15. The molecule has 0 saturated heterocycles. The topological polar surface area (TPSA) is 95.1 Å². The van der Waals surface area contributed by atoms with Crippen molar-refractivity contribution in [3.8, 4) is 28.4 Å².